The standard InChI is InChI=1S/C27H26ClF3N6O3S/c28-19-11-14(29)1-6-18(19)23-22(20-7-9-37(35-20)26(30)31)21-12-15(13-36(21)24(34-23)25-32-8-10-41-25)33-27(39)40-17-4-2-16(38)3-5-17/h1,6-11,15-17,23,26,38H,2-5,12-13H2,(H,33,39)/t15-,16?,17?,23-/m0/s1. The number of alkyl carbamates (subject to hydrolysis) is 1. The lowest BCUT2D eigenvalue weighted by molar-refractivity contribution is 0.0331. The first-order valence-corrected chi connectivity index (χ1v) is 14.4. The number of nitrogens with zero attached hydrogens (tertiary/aromatic N) is 5. The zero-order valence-corrected chi connectivity index (χ0v) is 23.2. The maximum Gasteiger partial charge on any atom is 0.407 e. The number of aliphatic hydroxyl groups excluding tert-OH is 1. The van der Waals surface area contributed by atoms with Gasteiger partial charge in [-0.1, -0.05) is 17.7 Å². The van der Waals surface area contributed by atoms with E-state index in [0.29, 0.717) is 71.0 Å². The summed E-state index contributed by atoms with van der Waals surface area (Å²) in [5.41, 5.74) is 1.98. The molecule has 1 aromatic carbocycles. The van der Waals surface area contributed by atoms with E-state index in [2.05, 4.69) is 15.4 Å². The first-order chi connectivity index (χ1) is 19.8. The van der Waals surface area contributed by atoms with E-state index in [1.54, 1.807) is 6.20 Å². The highest BCUT2D eigenvalue weighted by Crippen LogP contribution is 2.46. The Balaban J connectivity index is 1.38. The van der Waals surface area contributed by atoms with Gasteiger partial charge in [0, 0.05) is 52.6 Å². The number of nitrogens with one attached hydrogen (secondary N) is 1. The van der Waals surface area contributed by atoms with E-state index < -0.39 is 30.5 Å². The monoisotopic (exact) mass is 606 g/mol. The number of hydrogen-bond acceptors (Lipinski definition) is 8. The van der Waals surface area contributed by atoms with Crippen LogP contribution in [-0.2, 0) is 4.74 Å². The number of fused-ring (bicyclic) bond motifs is 1. The number of halogens is 4. The van der Waals surface area contributed by atoms with Crippen LogP contribution in [0.2, 0.25) is 5.02 Å². The smallest absolute Gasteiger partial charge is 0.407 e. The number of ether oxygens (including phenoxy) is 1. The fraction of sp³-hybridized carbons (Fsp3) is 0.407. The molecule has 1 aliphatic carbocycles. The Hall–Kier alpha value is -3.42. The van der Waals surface area contributed by atoms with Crippen LogP contribution in [0.1, 0.15) is 61.0 Å². The predicted molar refractivity (Wildman–Crippen MR) is 146 cm³/mol. The van der Waals surface area contributed by atoms with Crippen molar-refractivity contribution in [1.82, 2.24) is 25.0 Å². The Bertz CT molecular complexity index is 1490. The summed E-state index contributed by atoms with van der Waals surface area (Å²) in [4.78, 5) is 24.2. The second kappa shape index (κ2) is 11.5. The number of carbonyl (C=O) groups excluding carboxylic acids is 1. The summed E-state index contributed by atoms with van der Waals surface area (Å²) >= 11 is 7.87. The van der Waals surface area contributed by atoms with Crippen molar-refractivity contribution in [3.63, 3.8) is 0 Å². The number of amidine groups is 1. The normalized spacial score (nSPS) is 24.4. The summed E-state index contributed by atoms with van der Waals surface area (Å²) in [7, 11) is 0. The molecule has 2 N–H and O–H groups in total. The number of rotatable bonds is 6. The second-order valence-corrected chi connectivity index (χ2v) is 11.5. The molecule has 0 radical (unpaired) electrons. The minimum absolute atomic E-state index is 0.130. The molecule has 9 nitrogen and oxygen atoms in total. The van der Waals surface area contributed by atoms with Gasteiger partial charge < -0.3 is 20.1 Å². The predicted octanol–water partition coefficient (Wildman–Crippen LogP) is 5.54. The van der Waals surface area contributed by atoms with Gasteiger partial charge in [-0.3, -0.25) is 4.99 Å². The van der Waals surface area contributed by atoms with Crippen molar-refractivity contribution in [3.8, 4) is 0 Å². The fourth-order valence-corrected chi connectivity index (χ4v) is 6.48. The molecule has 4 heterocycles. The molecule has 0 spiro atoms. The van der Waals surface area contributed by atoms with Crippen LogP contribution in [0.4, 0.5) is 18.0 Å². The van der Waals surface area contributed by atoms with E-state index in [1.807, 2.05) is 10.3 Å². The maximum atomic E-state index is 14.0. The van der Waals surface area contributed by atoms with Crippen LogP contribution in [0.3, 0.4) is 0 Å². The molecule has 2 fully saturated rings. The molecule has 6 rings (SSSR count). The molecule has 2 aliphatic heterocycles. The molecule has 2 aromatic heterocycles. The molecule has 1 amide bonds. The van der Waals surface area contributed by atoms with Gasteiger partial charge in [-0.2, -0.15) is 13.9 Å². The van der Waals surface area contributed by atoms with Crippen LogP contribution < -0.4 is 5.32 Å². The quantitative estimate of drug-likeness (QED) is 0.382. The van der Waals surface area contributed by atoms with Crippen molar-refractivity contribution in [3.05, 3.63) is 74.8 Å². The molecule has 1 saturated heterocycles. The van der Waals surface area contributed by atoms with Gasteiger partial charge >= 0.3 is 12.6 Å². The lowest BCUT2D eigenvalue weighted by Crippen LogP contribution is -2.41. The molecule has 2 atom stereocenters. The van der Waals surface area contributed by atoms with Crippen molar-refractivity contribution in [2.45, 2.75) is 62.9 Å². The molecule has 216 valence electrons. The number of alkyl halides is 2. The fourth-order valence-electron chi connectivity index (χ4n) is 5.57. The highest BCUT2D eigenvalue weighted by atomic mass is 35.5. The first kappa shape index (κ1) is 27.7. The molecule has 1 saturated carbocycles. The van der Waals surface area contributed by atoms with Crippen molar-refractivity contribution in [1.29, 1.82) is 0 Å². The van der Waals surface area contributed by atoms with E-state index in [4.69, 9.17) is 21.3 Å². The number of aromatic nitrogens is 3. The number of aliphatic hydroxyl groups is 1. The number of hydrogen-bond donors (Lipinski definition) is 2. The first-order valence-electron chi connectivity index (χ1n) is 13.2. The van der Waals surface area contributed by atoms with Gasteiger partial charge in [0.2, 0.25) is 0 Å². The lowest BCUT2D eigenvalue weighted by Gasteiger charge is -2.32. The van der Waals surface area contributed by atoms with Gasteiger partial charge in [0.25, 0.3) is 0 Å². The Morgan fingerprint density at radius 2 is 2.02 bits per heavy atom. The largest absolute Gasteiger partial charge is 0.446 e. The topological polar surface area (TPSA) is 105 Å². The summed E-state index contributed by atoms with van der Waals surface area (Å²) in [6.45, 7) is -2.51. The average molecular weight is 607 g/mol. The van der Waals surface area contributed by atoms with Gasteiger partial charge in [-0.05, 0) is 43.9 Å². The summed E-state index contributed by atoms with van der Waals surface area (Å²) in [6, 6.07) is 4.26. The Morgan fingerprint density at radius 1 is 1.22 bits per heavy atom. The summed E-state index contributed by atoms with van der Waals surface area (Å²) in [6.07, 6.45) is 4.31. The molecule has 41 heavy (non-hydrogen) atoms. The number of thiazole rings is 1. The van der Waals surface area contributed by atoms with Crippen LogP contribution in [0.25, 0.3) is 5.57 Å². The molecular weight excluding hydrogens is 581 g/mol. The minimum atomic E-state index is -2.84. The van der Waals surface area contributed by atoms with Crippen LogP contribution in [0, 0.1) is 5.82 Å². The average Bonchev–Trinajstić information content (AvgIpc) is 3.70. The highest BCUT2D eigenvalue weighted by molar-refractivity contribution is 7.11. The number of carbonyl (C=O) groups is 1. The van der Waals surface area contributed by atoms with E-state index >= 15 is 0 Å². The highest BCUT2D eigenvalue weighted by Gasteiger charge is 2.41. The van der Waals surface area contributed by atoms with E-state index in [9.17, 15) is 23.1 Å². The molecule has 14 heteroatoms. The Labute approximate surface area is 242 Å². The van der Waals surface area contributed by atoms with Gasteiger partial charge in [0.05, 0.1) is 17.8 Å². The van der Waals surface area contributed by atoms with Gasteiger partial charge in [-0.15, -0.1) is 11.3 Å². The van der Waals surface area contributed by atoms with Crippen molar-refractivity contribution < 1.29 is 27.8 Å². The van der Waals surface area contributed by atoms with Crippen molar-refractivity contribution in [2.24, 2.45) is 4.99 Å². The minimum Gasteiger partial charge on any atom is -0.446 e. The second-order valence-electron chi connectivity index (χ2n) is 10.2. The molecule has 3 aliphatic rings. The zero-order valence-electron chi connectivity index (χ0n) is 21.6. The van der Waals surface area contributed by atoms with E-state index in [-0.39, 0.29) is 22.9 Å². The Kier molecular flexibility index (Phi) is 7.75. The van der Waals surface area contributed by atoms with E-state index in [0.717, 1.165) is 0 Å². The van der Waals surface area contributed by atoms with Crippen LogP contribution in [0.15, 0.2) is 52.7 Å². The van der Waals surface area contributed by atoms with Gasteiger partial charge in [0.15, 0.2) is 10.8 Å². The lowest BCUT2D eigenvalue weighted by atomic mass is 9.92. The molecule has 3 aromatic rings. The van der Waals surface area contributed by atoms with E-state index in [1.165, 1.54) is 41.8 Å². The number of aliphatic imine (C=N–C) groups is 1. The molecular formula is C27H26ClF3N6O3S. The van der Waals surface area contributed by atoms with Crippen molar-refractivity contribution in [2.75, 3.05) is 6.54 Å². The number of benzene rings is 1. The molecule has 0 unspecified atom stereocenters. The summed E-state index contributed by atoms with van der Waals surface area (Å²) < 4.78 is 47.2. The zero-order chi connectivity index (χ0) is 28.7. The van der Waals surface area contributed by atoms with Crippen molar-refractivity contribution >= 4 is 40.4 Å². The Morgan fingerprint density at radius 3 is 2.71 bits per heavy atom. The van der Waals surface area contributed by atoms with Gasteiger partial charge in [-0.25, -0.2) is 18.9 Å². The third kappa shape index (κ3) is 5.70. The summed E-state index contributed by atoms with van der Waals surface area (Å²) in [5.74, 6) is 0.00369. The SMILES string of the molecule is O=C(N[C@H]1CC2=C(c3ccn(C(F)F)n3)[C@H](c3ccc(F)cc3Cl)N=C(c3nccs3)N2C1)OC1CCC(O)CC1. The molecule has 0 bridgehead atoms. The van der Waals surface area contributed by atoms with Crippen LogP contribution in [-0.4, -0.2) is 61.5 Å². The maximum absolute atomic E-state index is 14.0. The summed E-state index contributed by atoms with van der Waals surface area (Å²) in [5, 5.41) is 19.4. The third-order valence-corrected chi connectivity index (χ3v) is 8.56. The van der Waals surface area contributed by atoms with Crippen LogP contribution in [0.5, 0.6) is 0 Å². The number of amides is 1. The van der Waals surface area contributed by atoms with Crippen LogP contribution >= 0.6 is 22.9 Å². The third-order valence-electron chi connectivity index (χ3n) is 7.46. The van der Waals surface area contributed by atoms with Gasteiger partial charge in [0.1, 0.15) is 18.0 Å².